The first-order valence-corrected chi connectivity index (χ1v) is 8.60. The van der Waals surface area contributed by atoms with Crippen molar-refractivity contribution in [2.24, 2.45) is 5.92 Å². The lowest BCUT2D eigenvalue weighted by Gasteiger charge is -2.20. The van der Waals surface area contributed by atoms with Crippen molar-refractivity contribution in [1.29, 1.82) is 0 Å². The molecule has 0 aliphatic heterocycles. The van der Waals surface area contributed by atoms with Crippen molar-refractivity contribution in [1.82, 2.24) is 5.32 Å². The standard InChI is InChI=1S/C17H35N/c1-3-5-6-7-12-17(18-15-4-2)14-13-16-10-8-9-11-16/h16-18H,3-15H2,1-2H3. The quantitative estimate of drug-likeness (QED) is 0.493. The Hall–Kier alpha value is -0.0400. The monoisotopic (exact) mass is 253 g/mol. The molecule has 1 heteroatoms. The zero-order valence-corrected chi connectivity index (χ0v) is 12.8. The Labute approximate surface area is 115 Å². The van der Waals surface area contributed by atoms with Gasteiger partial charge in [-0.25, -0.2) is 0 Å². The Morgan fingerprint density at radius 3 is 2.39 bits per heavy atom. The van der Waals surface area contributed by atoms with E-state index in [4.69, 9.17) is 0 Å². The van der Waals surface area contributed by atoms with Crippen LogP contribution in [0.2, 0.25) is 0 Å². The Bertz CT molecular complexity index is 172. The van der Waals surface area contributed by atoms with Gasteiger partial charge >= 0.3 is 0 Å². The molecule has 1 nitrogen and oxygen atoms in total. The van der Waals surface area contributed by atoms with E-state index in [0.717, 1.165) is 12.0 Å². The van der Waals surface area contributed by atoms with Gasteiger partial charge in [-0.1, -0.05) is 65.2 Å². The number of rotatable bonds is 11. The minimum absolute atomic E-state index is 0.808. The molecular weight excluding hydrogens is 218 g/mol. The molecule has 1 unspecified atom stereocenters. The minimum Gasteiger partial charge on any atom is -0.314 e. The molecule has 1 saturated carbocycles. The maximum absolute atomic E-state index is 3.77. The van der Waals surface area contributed by atoms with Crippen LogP contribution < -0.4 is 5.32 Å². The van der Waals surface area contributed by atoms with Crippen molar-refractivity contribution in [2.45, 2.75) is 96.9 Å². The maximum Gasteiger partial charge on any atom is 0.00671 e. The van der Waals surface area contributed by atoms with Gasteiger partial charge in [-0.2, -0.15) is 0 Å². The zero-order valence-electron chi connectivity index (χ0n) is 12.8. The Morgan fingerprint density at radius 1 is 0.944 bits per heavy atom. The molecule has 0 bridgehead atoms. The van der Waals surface area contributed by atoms with Crippen molar-refractivity contribution < 1.29 is 0 Å². The average Bonchev–Trinajstić information content (AvgIpc) is 2.90. The summed E-state index contributed by atoms with van der Waals surface area (Å²) < 4.78 is 0. The summed E-state index contributed by atoms with van der Waals surface area (Å²) in [7, 11) is 0. The van der Waals surface area contributed by atoms with Gasteiger partial charge in [0, 0.05) is 6.04 Å². The van der Waals surface area contributed by atoms with Crippen LogP contribution in [0, 0.1) is 5.92 Å². The number of nitrogens with one attached hydrogen (secondary N) is 1. The van der Waals surface area contributed by atoms with Gasteiger partial charge < -0.3 is 5.32 Å². The van der Waals surface area contributed by atoms with E-state index in [0.29, 0.717) is 0 Å². The van der Waals surface area contributed by atoms with Crippen LogP contribution in [0.3, 0.4) is 0 Å². The van der Waals surface area contributed by atoms with Crippen LogP contribution in [0.15, 0.2) is 0 Å². The van der Waals surface area contributed by atoms with Gasteiger partial charge in [0.1, 0.15) is 0 Å². The molecule has 0 aromatic rings. The molecule has 0 saturated heterocycles. The molecule has 1 aliphatic carbocycles. The molecule has 1 rings (SSSR count). The SMILES string of the molecule is CCCCCCC(CCC1CCCC1)NCCC. The van der Waals surface area contributed by atoms with Crippen molar-refractivity contribution in [3.63, 3.8) is 0 Å². The van der Waals surface area contributed by atoms with Gasteiger partial charge in [0.2, 0.25) is 0 Å². The van der Waals surface area contributed by atoms with Crippen LogP contribution in [-0.2, 0) is 0 Å². The summed E-state index contributed by atoms with van der Waals surface area (Å²) in [6, 6.07) is 0.808. The molecule has 1 fully saturated rings. The van der Waals surface area contributed by atoms with Gasteiger partial charge in [0.15, 0.2) is 0 Å². The molecular formula is C17H35N. The second kappa shape index (κ2) is 10.8. The summed E-state index contributed by atoms with van der Waals surface area (Å²) >= 11 is 0. The fourth-order valence-electron chi connectivity index (χ4n) is 3.25. The smallest absolute Gasteiger partial charge is 0.00671 e. The van der Waals surface area contributed by atoms with Gasteiger partial charge in [-0.3, -0.25) is 0 Å². The third-order valence-corrected chi connectivity index (χ3v) is 4.49. The highest BCUT2D eigenvalue weighted by Crippen LogP contribution is 2.29. The van der Waals surface area contributed by atoms with Gasteiger partial charge in [0.25, 0.3) is 0 Å². The topological polar surface area (TPSA) is 12.0 Å². The molecule has 1 N–H and O–H groups in total. The maximum atomic E-state index is 3.77. The number of hydrogen-bond acceptors (Lipinski definition) is 1. The lowest BCUT2D eigenvalue weighted by Crippen LogP contribution is -2.30. The Kier molecular flexibility index (Phi) is 9.65. The van der Waals surface area contributed by atoms with Gasteiger partial charge in [0.05, 0.1) is 0 Å². The number of hydrogen-bond donors (Lipinski definition) is 1. The highest BCUT2D eigenvalue weighted by molar-refractivity contribution is 4.73. The molecule has 18 heavy (non-hydrogen) atoms. The molecule has 0 radical (unpaired) electrons. The molecule has 0 heterocycles. The highest BCUT2D eigenvalue weighted by Gasteiger charge is 2.16. The van der Waals surface area contributed by atoms with Crippen molar-refractivity contribution in [3.8, 4) is 0 Å². The van der Waals surface area contributed by atoms with Crippen LogP contribution >= 0.6 is 0 Å². The third-order valence-electron chi connectivity index (χ3n) is 4.49. The molecule has 0 aromatic carbocycles. The second-order valence-electron chi connectivity index (χ2n) is 6.23. The minimum atomic E-state index is 0.808. The number of unbranched alkanes of at least 4 members (excludes halogenated alkanes) is 3. The van der Waals surface area contributed by atoms with Crippen molar-refractivity contribution in [2.75, 3.05) is 6.54 Å². The summed E-state index contributed by atoms with van der Waals surface area (Å²) in [5, 5.41) is 3.77. The molecule has 0 spiro atoms. The second-order valence-corrected chi connectivity index (χ2v) is 6.23. The molecule has 108 valence electrons. The highest BCUT2D eigenvalue weighted by atomic mass is 14.9. The molecule has 1 aliphatic rings. The molecule has 0 amide bonds. The van der Waals surface area contributed by atoms with E-state index in [1.165, 1.54) is 83.6 Å². The zero-order chi connectivity index (χ0) is 13.1. The first-order chi connectivity index (χ1) is 8.86. The summed E-state index contributed by atoms with van der Waals surface area (Å²) in [5.74, 6) is 1.06. The van der Waals surface area contributed by atoms with E-state index in [-0.39, 0.29) is 0 Å². The first kappa shape index (κ1) is 16.0. The predicted octanol–water partition coefficient (Wildman–Crippen LogP) is 5.30. The Balaban J connectivity index is 2.12. The van der Waals surface area contributed by atoms with Crippen LogP contribution in [0.4, 0.5) is 0 Å². The fourth-order valence-corrected chi connectivity index (χ4v) is 3.25. The van der Waals surface area contributed by atoms with Crippen molar-refractivity contribution in [3.05, 3.63) is 0 Å². The van der Waals surface area contributed by atoms with E-state index in [1.54, 1.807) is 0 Å². The summed E-state index contributed by atoms with van der Waals surface area (Å²) in [5.41, 5.74) is 0. The summed E-state index contributed by atoms with van der Waals surface area (Å²) in [4.78, 5) is 0. The van der Waals surface area contributed by atoms with E-state index in [2.05, 4.69) is 19.2 Å². The van der Waals surface area contributed by atoms with Crippen molar-refractivity contribution >= 4 is 0 Å². The normalized spacial score (nSPS) is 18.3. The third kappa shape index (κ3) is 7.41. The fraction of sp³-hybridized carbons (Fsp3) is 1.00. The summed E-state index contributed by atoms with van der Waals surface area (Å²) in [6.45, 7) is 5.79. The first-order valence-electron chi connectivity index (χ1n) is 8.60. The van der Waals surface area contributed by atoms with Crippen LogP contribution in [0.5, 0.6) is 0 Å². The average molecular weight is 253 g/mol. The van der Waals surface area contributed by atoms with Gasteiger partial charge in [-0.05, 0) is 38.1 Å². The summed E-state index contributed by atoms with van der Waals surface area (Å²) in [6.07, 6.45) is 17.2. The predicted molar refractivity (Wildman–Crippen MR) is 82.0 cm³/mol. The Morgan fingerprint density at radius 2 is 1.72 bits per heavy atom. The van der Waals surface area contributed by atoms with Gasteiger partial charge in [-0.15, -0.1) is 0 Å². The lowest BCUT2D eigenvalue weighted by molar-refractivity contribution is 0.379. The molecule has 1 atom stereocenters. The van der Waals surface area contributed by atoms with Crippen LogP contribution in [0.1, 0.15) is 90.9 Å². The van der Waals surface area contributed by atoms with E-state index >= 15 is 0 Å². The van der Waals surface area contributed by atoms with E-state index < -0.39 is 0 Å². The van der Waals surface area contributed by atoms with Crippen LogP contribution in [-0.4, -0.2) is 12.6 Å². The van der Waals surface area contributed by atoms with E-state index in [1.807, 2.05) is 0 Å². The largest absolute Gasteiger partial charge is 0.314 e. The van der Waals surface area contributed by atoms with Crippen LogP contribution in [0.25, 0.3) is 0 Å². The molecule has 0 aromatic heterocycles. The lowest BCUT2D eigenvalue weighted by atomic mass is 9.95. The van der Waals surface area contributed by atoms with E-state index in [9.17, 15) is 0 Å².